The van der Waals surface area contributed by atoms with Crippen molar-refractivity contribution >= 4 is 12.2 Å². The van der Waals surface area contributed by atoms with Crippen molar-refractivity contribution in [1.29, 1.82) is 0 Å². The summed E-state index contributed by atoms with van der Waals surface area (Å²) >= 11 is 0. The molecule has 0 amide bonds. The average Bonchev–Trinajstić information content (AvgIpc) is 2.91. The summed E-state index contributed by atoms with van der Waals surface area (Å²) in [6.07, 6.45) is 1.92. The lowest BCUT2D eigenvalue weighted by molar-refractivity contribution is -0.140. The number of benzene rings is 2. The summed E-state index contributed by atoms with van der Waals surface area (Å²) in [5.74, 6) is 0.494. The molecule has 2 aromatic rings. The molecule has 206 valence electrons. The molecule has 6 nitrogen and oxygen atoms in total. The molecule has 0 saturated carbocycles. The van der Waals surface area contributed by atoms with E-state index >= 15 is 0 Å². The van der Waals surface area contributed by atoms with Crippen LogP contribution in [0.2, 0.25) is 0 Å². The van der Waals surface area contributed by atoms with Crippen molar-refractivity contribution in [3.63, 3.8) is 0 Å². The maximum atomic E-state index is 13.0. The molecule has 0 aromatic heterocycles. The molecule has 0 saturated heterocycles. The Balaban J connectivity index is 1.71. The van der Waals surface area contributed by atoms with Crippen molar-refractivity contribution in [2.24, 2.45) is 10.7 Å². The number of hydrogen-bond acceptors (Lipinski definition) is 6. The topological polar surface area (TPSA) is 77.2 Å². The fourth-order valence-corrected chi connectivity index (χ4v) is 4.44. The zero-order chi connectivity index (χ0) is 27.7. The number of methoxy groups -OCH3 is 1. The Morgan fingerprint density at radius 3 is 2.63 bits per heavy atom. The minimum Gasteiger partial charge on any atom is -0.490 e. The zero-order valence-corrected chi connectivity index (χ0v) is 22.1. The highest BCUT2D eigenvalue weighted by Crippen LogP contribution is 2.32. The number of carbonyl (C=O) groups is 1. The molecule has 1 heterocycles. The smallest absolute Gasteiger partial charge is 0.416 e. The Labute approximate surface area is 222 Å². The Hall–Kier alpha value is -3.33. The van der Waals surface area contributed by atoms with Crippen LogP contribution in [0, 0.1) is 0 Å². The third kappa shape index (κ3) is 8.08. The molecular weight excluding hydrogens is 495 g/mol. The third-order valence-electron chi connectivity index (χ3n) is 6.81. The summed E-state index contributed by atoms with van der Waals surface area (Å²) in [7, 11) is 1.38. The van der Waals surface area contributed by atoms with Crippen LogP contribution < -0.4 is 10.5 Å². The van der Waals surface area contributed by atoms with Gasteiger partial charge in [0.15, 0.2) is 0 Å². The predicted molar refractivity (Wildman–Crippen MR) is 142 cm³/mol. The van der Waals surface area contributed by atoms with E-state index in [0.717, 1.165) is 59.4 Å². The molecule has 0 aliphatic carbocycles. The van der Waals surface area contributed by atoms with Crippen LogP contribution >= 0.6 is 0 Å². The van der Waals surface area contributed by atoms with E-state index in [0.29, 0.717) is 19.5 Å². The van der Waals surface area contributed by atoms with E-state index < -0.39 is 11.7 Å². The lowest BCUT2D eigenvalue weighted by Crippen LogP contribution is -2.36. The van der Waals surface area contributed by atoms with Crippen molar-refractivity contribution in [2.75, 3.05) is 13.7 Å². The molecule has 2 unspecified atom stereocenters. The first-order chi connectivity index (χ1) is 18.1. The molecule has 0 radical (unpaired) electrons. The minimum atomic E-state index is -4.37. The van der Waals surface area contributed by atoms with Crippen molar-refractivity contribution in [1.82, 2.24) is 4.90 Å². The summed E-state index contributed by atoms with van der Waals surface area (Å²) in [6.45, 7) is 5.02. The van der Waals surface area contributed by atoms with Gasteiger partial charge in [0.25, 0.3) is 0 Å². The molecule has 1 aliphatic rings. The summed E-state index contributed by atoms with van der Waals surface area (Å²) in [5.41, 5.74) is 8.62. The van der Waals surface area contributed by atoms with E-state index in [1.54, 1.807) is 6.21 Å². The molecule has 3 rings (SSSR count). The Morgan fingerprint density at radius 2 is 2.00 bits per heavy atom. The highest BCUT2D eigenvalue weighted by molar-refractivity contribution is 5.78. The van der Waals surface area contributed by atoms with E-state index in [1.807, 2.05) is 32.0 Å². The highest BCUT2D eigenvalue weighted by atomic mass is 19.4. The van der Waals surface area contributed by atoms with Gasteiger partial charge in [-0.05, 0) is 79.3 Å². The fourth-order valence-electron chi connectivity index (χ4n) is 4.44. The number of allylic oxidation sites excluding steroid dienone is 1. The van der Waals surface area contributed by atoms with Gasteiger partial charge < -0.3 is 15.2 Å². The van der Waals surface area contributed by atoms with Crippen LogP contribution in [0.1, 0.15) is 55.4 Å². The van der Waals surface area contributed by atoms with Gasteiger partial charge in [-0.2, -0.15) is 13.2 Å². The SMILES string of the molecule is CC/C(C=NC(C)N(CCC1CCc2c(CC(=O)OC)cccc2O1)Cc1ccc(C(F)(F)F)cc1)=C/N. The van der Waals surface area contributed by atoms with Gasteiger partial charge >= 0.3 is 12.1 Å². The number of esters is 1. The third-order valence-corrected chi connectivity index (χ3v) is 6.81. The van der Waals surface area contributed by atoms with Crippen molar-refractivity contribution in [3.05, 3.63) is 76.5 Å². The Bertz CT molecular complexity index is 1130. The number of ether oxygens (including phenoxy) is 2. The number of fused-ring (bicyclic) bond motifs is 1. The normalized spacial score (nSPS) is 16.8. The van der Waals surface area contributed by atoms with Gasteiger partial charge in [0.2, 0.25) is 0 Å². The average molecular weight is 532 g/mol. The van der Waals surface area contributed by atoms with Crippen molar-refractivity contribution in [2.45, 2.75) is 70.9 Å². The van der Waals surface area contributed by atoms with Gasteiger partial charge in [0.1, 0.15) is 11.9 Å². The lowest BCUT2D eigenvalue weighted by Gasteiger charge is -2.31. The number of rotatable bonds is 11. The summed E-state index contributed by atoms with van der Waals surface area (Å²) in [4.78, 5) is 18.6. The van der Waals surface area contributed by atoms with Gasteiger partial charge in [-0.3, -0.25) is 14.7 Å². The van der Waals surface area contributed by atoms with Gasteiger partial charge in [0, 0.05) is 19.3 Å². The molecule has 0 spiro atoms. The van der Waals surface area contributed by atoms with Crippen LogP contribution in [0.3, 0.4) is 0 Å². The molecule has 1 aliphatic heterocycles. The van der Waals surface area contributed by atoms with Crippen LogP contribution in [0.25, 0.3) is 0 Å². The van der Waals surface area contributed by atoms with Gasteiger partial charge in [-0.1, -0.05) is 31.2 Å². The number of nitrogens with zero attached hydrogens (tertiary/aromatic N) is 2. The standard InChI is InChI=1S/C29H36F3N3O3/c1-4-21(17-33)18-34-20(2)35(19-22-8-10-24(11-9-22)29(30,31)32)15-14-25-12-13-26-23(16-28(36)37-3)6-5-7-27(26)38-25/h5-11,17-18,20,25H,4,12-16,19,33H2,1-3H3/b21-17-,34-18?. The number of nitrogens with two attached hydrogens (primary N) is 1. The number of alkyl halides is 3. The fraction of sp³-hybridized carbons (Fsp3) is 0.448. The van der Waals surface area contributed by atoms with Gasteiger partial charge in [-0.15, -0.1) is 0 Å². The molecular formula is C29H36F3N3O3. The molecule has 0 bridgehead atoms. The quantitative estimate of drug-likeness (QED) is 0.298. The molecule has 38 heavy (non-hydrogen) atoms. The van der Waals surface area contributed by atoms with Crippen LogP contribution in [0.4, 0.5) is 13.2 Å². The lowest BCUT2D eigenvalue weighted by atomic mass is 9.94. The van der Waals surface area contributed by atoms with Gasteiger partial charge in [-0.25, -0.2) is 0 Å². The van der Waals surface area contributed by atoms with Crippen molar-refractivity contribution in [3.8, 4) is 5.75 Å². The zero-order valence-electron chi connectivity index (χ0n) is 22.1. The van der Waals surface area contributed by atoms with Gasteiger partial charge in [0.05, 0.1) is 25.3 Å². The number of carbonyl (C=O) groups excluding carboxylic acids is 1. The maximum Gasteiger partial charge on any atom is 0.416 e. The molecule has 2 N–H and O–H groups in total. The largest absolute Gasteiger partial charge is 0.490 e. The molecule has 2 atom stereocenters. The minimum absolute atomic E-state index is 0.0303. The molecule has 2 aromatic carbocycles. The van der Waals surface area contributed by atoms with E-state index in [9.17, 15) is 18.0 Å². The first-order valence-electron chi connectivity index (χ1n) is 12.8. The van der Waals surface area contributed by atoms with E-state index in [2.05, 4.69) is 9.89 Å². The summed E-state index contributed by atoms with van der Waals surface area (Å²) < 4.78 is 50.1. The number of hydrogen-bond donors (Lipinski definition) is 1. The first kappa shape index (κ1) is 29.2. The Kier molecular flexibility index (Phi) is 10.4. The van der Waals surface area contributed by atoms with Crippen LogP contribution in [-0.4, -0.2) is 43.0 Å². The van der Waals surface area contributed by atoms with Crippen LogP contribution in [0.15, 0.2) is 59.2 Å². The first-order valence-corrected chi connectivity index (χ1v) is 12.8. The summed E-state index contributed by atoms with van der Waals surface area (Å²) in [5, 5.41) is 0. The van der Waals surface area contributed by atoms with E-state index in [1.165, 1.54) is 25.4 Å². The molecule has 9 heteroatoms. The second-order valence-electron chi connectivity index (χ2n) is 9.38. The second kappa shape index (κ2) is 13.5. The van der Waals surface area contributed by atoms with E-state index in [-0.39, 0.29) is 24.7 Å². The summed E-state index contributed by atoms with van der Waals surface area (Å²) in [6, 6.07) is 11.0. The number of aliphatic imine (C=N–C) groups is 1. The predicted octanol–water partition coefficient (Wildman–Crippen LogP) is 5.68. The monoisotopic (exact) mass is 531 g/mol. The Morgan fingerprint density at radius 1 is 1.26 bits per heavy atom. The van der Waals surface area contributed by atoms with Crippen LogP contribution in [-0.2, 0) is 35.1 Å². The van der Waals surface area contributed by atoms with Crippen molar-refractivity contribution < 1.29 is 27.4 Å². The second-order valence-corrected chi connectivity index (χ2v) is 9.38. The molecule has 0 fully saturated rings. The maximum absolute atomic E-state index is 13.0. The number of halogens is 3. The highest BCUT2D eigenvalue weighted by Gasteiger charge is 2.30. The van der Waals surface area contributed by atoms with E-state index in [4.69, 9.17) is 15.2 Å². The van der Waals surface area contributed by atoms with Crippen LogP contribution in [0.5, 0.6) is 5.75 Å².